The Morgan fingerprint density at radius 1 is 0.950 bits per heavy atom. The molecule has 16 nitrogen and oxygen atoms in total. The SMILES string of the molecule is CCCSc1nc(NCCOCCNC(=O)c2cnc(N=Nc3c(-c4ccccc4)[nH]n(-c4nc(-c5ccccc5)cs4)c3=O)s2)c2nnn(Cc3ccc(Cl)cc3)c2n1. The fourth-order valence-electron chi connectivity index (χ4n) is 5.83. The molecule has 0 aliphatic carbocycles. The summed E-state index contributed by atoms with van der Waals surface area (Å²) in [4.78, 5) is 45.4. The molecule has 5 heterocycles. The summed E-state index contributed by atoms with van der Waals surface area (Å²) in [5, 5.41) is 30.5. The molecule has 0 aliphatic heterocycles. The van der Waals surface area contributed by atoms with Crippen LogP contribution in [0, 0.1) is 0 Å². The minimum absolute atomic E-state index is 0.0888. The van der Waals surface area contributed by atoms with E-state index in [-0.39, 0.29) is 29.9 Å². The average molecular weight is 878 g/mol. The number of halogens is 1. The maximum absolute atomic E-state index is 13.7. The van der Waals surface area contributed by atoms with Crippen molar-refractivity contribution in [1.82, 2.24) is 50.0 Å². The lowest BCUT2D eigenvalue weighted by molar-refractivity contribution is 0.0924. The molecule has 0 bridgehead atoms. The van der Waals surface area contributed by atoms with Gasteiger partial charge in [-0.2, -0.15) is 4.68 Å². The van der Waals surface area contributed by atoms with E-state index >= 15 is 0 Å². The topological polar surface area (TPSA) is 195 Å². The van der Waals surface area contributed by atoms with Crippen LogP contribution in [0.15, 0.2) is 117 Å². The summed E-state index contributed by atoms with van der Waals surface area (Å²) < 4.78 is 8.91. The van der Waals surface area contributed by atoms with Gasteiger partial charge in [0, 0.05) is 40.4 Å². The molecule has 8 rings (SSSR count). The van der Waals surface area contributed by atoms with Gasteiger partial charge in [-0.05, 0) is 24.1 Å². The summed E-state index contributed by atoms with van der Waals surface area (Å²) in [6.07, 6.45) is 2.41. The van der Waals surface area contributed by atoms with E-state index in [1.807, 2.05) is 90.3 Å². The number of aromatic nitrogens is 9. The van der Waals surface area contributed by atoms with Gasteiger partial charge >= 0.3 is 5.56 Å². The molecule has 8 aromatic rings. The van der Waals surface area contributed by atoms with Crippen molar-refractivity contribution >= 4 is 79.7 Å². The first-order chi connectivity index (χ1) is 29.4. The number of thiazole rings is 2. The van der Waals surface area contributed by atoms with E-state index in [0.717, 1.165) is 45.9 Å². The Balaban J connectivity index is 0.855. The van der Waals surface area contributed by atoms with E-state index in [4.69, 9.17) is 31.3 Å². The summed E-state index contributed by atoms with van der Waals surface area (Å²) in [6, 6.07) is 26.7. The number of aromatic amines is 1. The van der Waals surface area contributed by atoms with Crippen molar-refractivity contribution in [2.24, 2.45) is 10.2 Å². The van der Waals surface area contributed by atoms with Gasteiger partial charge in [-0.15, -0.1) is 26.7 Å². The number of amides is 1. The second-order valence-corrected chi connectivity index (χ2v) is 16.3. The van der Waals surface area contributed by atoms with E-state index in [9.17, 15) is 9.59 Å². The van der Waals surface area contributed by atoms with E-state index in [0.29, 0.717) is 62.6 Å². The van der Waals surface area contributed by atoms with Gasteiger partial charge in [-0.1, -0.05) is 120 Å². The molecule has 60 heavy (non-hydrogen) atoms. The number of azo groups is 1. The first-order valence-corrected chi connectivity index (χ1v) is 21.9. The number of nitrogens with one attached hydrogen (secondary N) is 3. The maximum Gasteiger partial charge on any atom is 0.301 e. The van der Waals surface area contributed by atoms with Crippen molar-refractivity contribution < 1.29 is 9.53 Å². The van der Waals surface area contributed by atoms with Crippen molar-refractivity contribution in [2.45, 2.75) is 25.0 Å². The number of nitrogens with zero attached hydrogens (tertiary/aromatic N) is 10. The third kappa shape index (κ3) is 9.67. The predicted octanol–water partition coefficient (Wildman–Crippen LogP) is 8.43. The lowest BCUT2D eigenvalue weighted by Crippen LogP contribution is -2.27. The lowest BCUT2D eigenvalue weighted by atomic mass is 10.1. The molecule has 0 saturated heterocycles. The molecule has 0 saturated carbocycles. The molecule has 0 atom stereocenters. The zero-order valence-electron chi connectivity index (χ0n) is 32.0. The molecule has 3 aromatic carbocycles. The van der Waals surface area contributed by atoms with Crippen LogP contribution in [-0.2, 0) is 11.3 Å². The standard InChI is InChI=1S/C40H36ClN13O3S3/c1-2-21-58-39-46-34(33-35(47-39)53(52-49-33)23-25-13-15-28(41)16-14-25)42-17-19-57-20-18-43-36(55)30-22-44-38(60-30)50-48-32-31(27-11-7-4-8-12-27)51-54(37(32)56)40-45-29(24-59-40)26-9-5-3-6-10-26/h3-16,22,24,51H,2,17-21,23H2,1H3,(H,43,55)(H,42,46,47). The largest absolute Gasteiger partial charge is 0.378 e. The van der Waals surface area contributed by atoms with Gasteiger partial charge < -0.3 is 15.4 Å². The van der Waals surface area contributed by atoms with Crippen molar-refractivity contribution in [1.29, 1.82) is 0 Å². The number of carbonyl (C=O) groups excluding carboxylic acids is 1. The van der Waals surface area contributed by atoms with E-state index in [2.05, 4.69) is 48.2 Å². The number of ether oxygens (including phenoxy) is 1. The van der Waals surface area contributed by atoms with Crippen LogP contribution in [-0.4, -0.2) is 82.7 Å². The third-order valence-electron chi connectivity index (χ3n) is 8.73. The van der Waals surface area contributed by atoms with E-state index < -0.39 is 5.56 Å². The molecule has 5 aromatic heterocycles. The summed E-state index contributed by atoms with van der Waals surface area (Å²) in [7, 11) is 0. The molecule has 0 spiro atoms. The number of hydrogen-bond acceptors (Lipinski definition) is 15. The summed E-state index contributed by atoms with van der Waals surface area (Å²) in [6.45, 7) is 3.94. The molecule has 3 N–H and O–H groups in total. The fourth-order valence-corrected chi connectivity index (χ4v) is 8.10. The third-order valence-corrected chi connectivity index (χ3v) is 11.7. The van der Waals surface area contributed by atoms with E-state index in [1.165, 1.54) is 22.2 Å². The number of carbonyl (C=O) groups is 1. The quantitative estimate of drug-likeness (QED) is 0.0324. The average Bonchev–Trinajstić information content (AvgIpc) is 4.10. The number of fused-ring (bicyclic) bond motifs is 1. The Kier molecular flexibility index (Phi) is 13.1. The second-order valence-electron chi connectivity index (χ2n) is 13.0. The summed E-state index contributed by atoms with van der Waals surface area (Å²) in [5.74, 6) is 1.12. The number of H-pyrrole nitrogens is 1. The summed E-state index contributed by atoms with van der Waals surface area (Å²) >= 11 is 10.0. The maximum atomic E-state index is 13.7. The Bertz CT molecular complexity index is 2790. The summed E-state index contributed by atoms with van der Waals surface area (Å²) in [5.41, 5.74) is 4.80. The van der Waals surface area contributed by atoms with Gasteiger partial charge in [0.15, 0.2) is 27.8 Å². The first kappa shape index (κ1) is 40.7. The van der Waals surface area contributed by atoms with E-state index in [1.54, 1.807) is 16.4 Å². The van der Waals surface area contributed by atoms with Gasteiger partial charge in [0.2, 0.25) is 10.3 Å². The van der Waals surface area contributed by atoms with Gasteiger partial charge in [-0.3, -0.25) is 14.7 Å². The highest BCUT2D eigenvalue weighted by atomic mass is 35.5. The van der Waals surface area contributed by atoms with Crippen molar-refractivity contribution in [3.63, 3.8) is 0 Å². The smallest absolute Gasteiger partial charge is 0.301 e. The molecular weight excluding hydrogens is 842 g/mol. The van der Waals surface area contributed by atoms with Gasteiger partial charge in [0.1, 0.15) is 4.88 Å². The van der Waals surface area contributed by atoms with Gasteiger partial charge in [0.25, 0.3) is 5.91 Å². The van der Waals surface area contributed by atoms with Gasteiger partial charge in [0.05, 0.1) is 37.3 Å². The van der Waals surface area contributed by atoms with Crippen molar-refractivity contribution in [3.8, 4) is 27.6 Å². The fraction of sp³-hybridized carbons (Fsp3) is 0.200. The molecule has 0 fully saturated rings. The number of thioether (sulfide) groups is 1. The second kappa shape index (κ2) is 19.3. The molecule has 1 amide bonds. The first-order valence-electron chi connectivity index (χ1n) is 18.8. The van der Waals surface area contributed by atoms with Crippen LogP contribution < -0.4 is 16.2 Å². The zero-order chi connectivity index (χ0) is 41.3. The lowest BCUT2D eigenvalue weighted by Gasteiger charge is -2.09. The molecule has 20 heteroatoms. The molecule has 304 valence electrons. The Hall–Kier alpha value is -6.12. The minimum atomic E-state index is -0.421. The highest BCUT2D eigenvalue weighted by Crippen LogP contribution is 2.31. The minimum Gasteiger partial charge on any atom is -0.378 e. The highest BCUT2D eigenvalue weighted by molar-refractivity contribution is 7.99. The Morgan fingerprint density at radius 3 is 2.50 bits per heavy atom. The predicted molar refractivity (Wildman–Crippen MR) is 236 cm³/mol. The van der Waals surface area contributed by atoms with Crippen LogP contribution in [0.25, 0.3) is 38.8 Å². The van der Waals surface area contributed by atoms with Crippen molar-refractivity contribution in [2.75, 3.05) is 37.4 Å². The van der Waals surface area contributed by atoms with Crippen LogP contribution in [0.3, 0.4) is 0 Å². The molecule has 0 aliphatic rings. The zero-order valence-corrected chi connectivity index (χ0v) is 35.2. The van der Waals surface area contributed by atoms with Crippen LogP contribution >= 0.6 is 46.0 Å². The molecule has 0 radical (unpaired) electrons. The highest BCUT2D eigenvalue weighted by Gasteiger charge is 2.20. The number of hydrogen-bond donors (Lipinski definition) is 3. The number of benzene rings is 3. The Morgan fingerprint density at radius 2 is 1.72 bits per heavy atom. The van der Waals surface area contributed by atoms with Crippen molar-refractivity contribution in [3.05, 3.63) is 122 Å². The van der Waals surface area contributed by atoms with Crippen LogP contribution in [0.5, 0.6) is 0 Å². The Labute approximate surface area is 360 Å². The normalized spacial score (nSPS) is 11.5. The number of rotatable bonds is 18. The van der Waals surface area contributed by atoms with Crippen LogP contribution in [0.2, 0.25) is 5.02 Å². The molecular formula is C40H36ClN13O3S3. The van der Waals surface area contributed by atoms with Crippen LogP contribution in [0.4, 0.5) is 16.6 Å². The molecule has 0 unspecified atom stereocenters. The van der Waals surface area contributed by atoms with Crippen LogP contribution in [0.1, 0.15) is 28.6 Å². The van der Waals surface area contributed by atoms with Gasteiger partial charge in [-0.25, -0.2) is 24.6 Å². The number of anilines is 1. The monoisotopic (exact) mass is 877 g/mol.